The Hall–Kier alpha value is -1.29. The van der Waals surface area contributed by atoms with Crippen LogP contribution in [0.5, 0.6) is 0 Å². The second kappa shape index (κ2) is 5.16. The molecule has 2 rings (SSSR count). The maximum Gasteiger partial charge on any atom is 0.257 e. The smallest absolute Gasteiger partial charge is 0.257 e. The minimum atomic E-state index is 0.0863. The lowest BCUT2D eigenvalue weighted by Crippen LogP contribution is -2.45. The number of carbonyl (C=O) groups excluding carboxylic acids is 1. The molecule has 1 N–H and O–H groups in total. The number of furan rings is 1. The van der Waals surface area contributed by atoms with E-state index in [2.05, 4.69) is 5.32 Å². The van der Waals surface area contributed by atoms with Gasteiger partial charge in [-0.05, 0) is 38.9 Å². The largest absolute Gasteiger partial charge is 0.472 e. The lowest BCUT2D eigenvalue weighted by molar-refractivity contribution is 0.0655. The average Bonchev–Trinajstić information content (AvgIpc) is 2.85. The summed E-state index contributed by atoms with van der Waals surface area (Å²) in [6.07, 6.45) is 5.14. The fraction of sp³-hybridized carbons (Fsp3) is 0.583. The van der Waals surface area contributed by atoms with Gasteiger partial charge in [0, 0.05) is 12.6 Å². The summed E-state index contributed by atoms with van der Waals surface area (Å²) in [6, 6.07) is 2.10. The average molecular weight is 222 g/mol. The highest BCUT2D eigenvalue weighted by Gasteiger charge is 2.25. The summed E-state index contributed by atoms with van der Waals surface area (Å²) in [5.74, 6) is 0.0863. The van der Waals surface area contributed by atoms with E-state index in [1.165, 1.54) is 6.26 Å². The van der Waals surface area contributed by atoms with E-state index in [0.717, 1.165) is 32.5 Å². The Morgan fingerprint density at radius 2 is 2.31 bits per heavy atom. The van der Waals surface area contributed by atoms with Crippen LogP contribution in [0.25, 0.3) is 0 Å². The molecule has 1 fully saturated rings. The third-order valence-corrected chi connectivity index (χ3v) is 3.12. The van der Waals surface area contributed by atoms with Crippen molar-refractivity contribution in [3.05, 3.63) is 24.2 Å². The van der Waals surface area contributed by atoms with Crippen LogP contribution in [0.2, 0.25) is 0 Å². The first-order valence-corrected chi connectivity index (χ1v) is 5.86. The summed E-state index contributed by atoms with van der Waals surface area (Å²) in [7, 11) is 0. The highest BCUT2D eigenvalue weighted by Crippen LogP contribution is 2.15. The molecule has 0 aromatic carbocycles. The molecule has 1 saturated heterocycles. The van der Waals surface area contributed by atoms with Gasteiger partial charge in [-0.15, -0.1) is 0 Å². The van der Waals surface area contributed by atoms with Crippen molar-refractivity contribution in [1.29, 1.82) is 0 Å². The molecule has 16 heavy (non-hydrogen) atoms. The van der Waals surface area contributed by atoms with Crippen LogP contribution in [-0.2, 0) is 0 Å². The first kappa shape index (κ1) is 11.2. The maximum atomic E-state index is 12.2. The van der Waals surface area contributed by atoms with E-state index in [4.69, 9.17) is 4.42 Å². The van der Waals surface area contributed by atoms with Crippen LogP contribution in [0, 0.1) is 0 Å². The van der Waals surface area contributed by atoms with Crippen molar-refractivity contribution >= 4 is 5.91 Å². The molecule has 0 unspecified atom stereocenters. The zero-order valence-electron chi connectivity index (χ0n) is 9.61. The normalized spacial score (nSPS) is 17.3. The molecular formula is C12H18N2O2. The number of amides is 1. The molecule has 1 amide bonds. The second-order valence-electron chi connectivity index (χ2n) is 4.08. The predicted molar refractivity (Wildman–Crippen MR) is 61.3 cm³/mol. The van der Waals surface area contributed by atoms with Gasteiger partial charge >= 0.3 is 0 Å². The van der Waals surface area contributed by atoms with Gasteiger partial charge in [0.05, 0.1) is 11.8 Å². The number of piperidine rings is 1. The van der Waals surface area contributed by atoms with E-state index in [0.29, 0.717) is 11.6 Å². The van der Waals surface area contributed by atoms with Gasteiger partial charge < -0.3 is 14.6 Å². The highest BCUT2D eigenvalue weighted by atomic mass is 16.3. The van der Waals surface area contributed by atoms with Gasteiger partial charge in [0.25, 0.3) is 5.91 Å². The number of hydrogen-bond acceptors (Lipinski definition) is 3. The third-order valence-electron chi connectivity index (χ3n) is 3.12. The highest BCUT2D eigenvalue weighted by molar-refractivity contribution is 5.94. The van der Waals surface area contributed by atoms with Crippen molar-refractivity contribution in [2.45, 2.75) is 25.8 Å². The molecule has 0 spiro atoms. The van der Waals surface area contributed by atoms with Crippen LogP contribution in [-0.4, -0.2) is 36.5 Å². The minimum Gasteiger partial charge on any atom is -0.472 e. The van der Waals surface area contributed by atoms with Crippen LogP contribution >= 0.6 is 0 Å². The summed E-state index contributed by atoms with van der Waals surface area (Å²) >= 11 is 0. The number of hydrogen-bond donors (Lipinski definition) is 1. The van der Waals surface area contributed by atoms with Crippen LogP contribution < -0.4 is 5.32 Å². The molecule has 0 bridgehead atoms. The standard InChI is InChI=1S/C12H18N2O2/c1-2-14(11-3-6-13-7-4-11)12(15)10-5-8-16-9-10/h5,8-9,11,13H,2-4,6-7H2,1H3. The first-order valence-electron chi connectivity index (χ1n) is 5.86. The SMILES string of the molecule is CCN(C(=O)c1ccoc1)C1CCNCC1. The van der Waals surface area contributed by atoms with Crippen molar-refractivity contribution in [3.63, 3.8) is 0 Å². The van der Waals surface area contributed by atoms with Gasteiger partial charge in [0.15, 0.2) is 0 Å². The van der Waals surface area contributed by atoms with Crippen LogP contribution in [0.15, 0.2) is 23.0 Å². The van der Waals surface area contributed by atoms with Gasteiger partial charge in [0.1, 0.15) is 6.26 Å². The molecule has 1 aliphatic heterocycles. The van der Waals surface area contributed by atoms with Gasteiger partial charge in [-0.25, -0.2) is 0 Å². The molecule has 0 saturated carbocycles. The fourth-order valence-electron chi connectivity index (χ4n) is 2.24. The topological polar surface area (TPSA) is 45.5 Å². The van der Waals surface area contributed by atoms with Crippen LogP contribution in [0.3, 0.4) is 0 Å². The number of nitrogens with zero attached hydrogens (tertiary/aromatic N) is 1. The van der Waals surface area contributed by atoms with E-state index in [9.17, 15) is 4.79 Å². The van der Waals surface area contributed by atoms with Crippen LogP contribution in [0.4, 0.5) is 0 Å². The minimum absolute atomic E-state index is 0.0863. The summed E-state index contributed by atoms with van der Waals surface area (Å²) in [4.78, 5) is 14.1. The lowest BCUT2D eigenvalue weighted by atomic mass is 10.0. The Morgan fingerprint density at radius 3 is 2.88 bits per heavy atom. The Balaban J connectivity index is 2.06. The predicted octanol–water partition coefficient (Wildman–Crippen LogP) is 1.49. The summed E-state index contributed by atoms with van der Waals surface area (Å²) in [5, 5.41) is 3.31. The number of carbonyl (C=O) groups is 1. The molecule has 1 aromatic rings. The van der Waals surface area contributed by atoms with Crippen LogP contribution in [0.1, 0.15) is 30.1 Å². The van der Waals surface area contributed by atoms with E-state index < -0.39 is 0 Å². The molecule has 0 atom stereocenters. The first-order chi connectivity index (χ1) is 7.83. The Morgan fingerprint density at radius 1 is 1.56 bits per heavy atom. The van der Waals surface area contributed by atoms with Gasteiger partial charge in [0.2, 0.25) is 0 Å². The van der Waals surface area contributed by atoms with E-state index in [1.807, 2.05) is 11.8 Å². The summed E-state index contributed by atoms with van der Waals surface area (Å²) < 4.78 is 4.96. The van der Waals surface area contributed by atoms with E-state index in [-0.39, 0.29) is 5.91 Å². The second-order valence-corrected chi connectivity index (χ2v) is 4.08. The van der Waals surface area contributed by atoms with E-state index >= 15 is 0 Å². The molecule has 4 nitrogen and oxygen atoms in total. The zero-order chi connectivity index (χ0) is 11.4. The summed E-state index contributed by atoms with van der Waals surface area (Å²) in [5.41, 5.74) is 0.653. The summed E-state index contributed by atoms with van der Waals surface area (Å²) in [6.45, 7) is 4.79. The molecule has 2 heterocycles. The molecule has 1 aromatic heterocycles. The van der Waals surface area contributed by atoms with E-state index in [1.54, 1.807) is 12.3 Å². The molecular weight excluding hydrogens is 204 g/mol. The zero-order valence-corrected chi connectivity index (χ0v) is 9.61. The van der Waals surface area contributed by atoms with Crippen molar-refractivity contribution in [1.82, 2.24) is 10.2 Å². The van der Waals surface area contributed by atoms with Crippen molar-refractivity contribution in [2.24, 2.45) is 0 Å². The van der Waals surface area contributed by atoms with Crippen molar-refractivity contribution < 1.29 is 9.21 Å². The number of nitrogens with one attached hydrogen (secondary N) is 1. The Labute approximate surface area is 95.6 Å². The molecule has 0 aliphatic carbocycles. The van der Waals surface area contributed by atoms with Crippen molar-refractivity contribution in [2.75, 3.05) is 19.6 Å². The van der Waals surface area contributed by atoms with Gasteiger partial charge in [-0.2, -0.15) is 0 Å². The van der Waals surface area contributed by atoms with Crippen molar-refractivity contribution in [3.8, 4) is 0 Å². The molecule has 1 aliphatic rings. The van der Waals surface area contributed by atoms with Gasteiger partial charge in [-0.3, -0.25) is 4.79 Å². The third kappa shape index (κ3) is 2.27. The molecule has 0 radical (unpaired) electrons. The molecule has 4 heteroatoms. The lowest BCUT2D eigenvalue weighted by Gasteiger charge is -2.33. The maximum absolute atomic E-state index is 12.2. The molecule has 88 valence electrons. The fourth-order valence-corrected chi connectivity index (χ4v) is 2.24. The van der Waals surface area contributed by atoms with Gasteiger partial charge in [-0.1, -0.05) is 0 Å². The monoisotopic (exact) mass is 222 g/mol. The Kier molecular flexibility index (Phi) is 3.62. The number of rotatable bonds is 3. The quantitative estimate of drug-likeness (QED) is 0.842. The Bertz CT molecular complexity index is 329.